The number of hydrogen-bond acceptors (Lipinski definition) is 4. The lowest BCUT2D eigenvalue weighted by Gasteiger charge is -2.39. The second kappa shape index (κ2) is 10.6. The summed E-state index contributed by atoms with van der Waals surface area (Å²) in [6.07, 6.45) is 1.22. The molecule has 2 unspecified atom stereocenters. The Morgan fingerprint density at radius 2 is 1.66 bits per heavy atom. The average Bonchev–Trinajstić information content (AvgIpc) is 2.87. The largest absolute Gasteiger partial charge is 0.497 e. The van der Waals surface area contributed by atoms with E-state index < -0.39 is 11.7 Å². The van der Waals surface area contributed by atoms with Gasteiger partial charge in [0.05, 0.1) is 26.2 Å². The molecule has 1 aliphatic rings. The van der Waals surface area contributed by atoms with Crippen molar-refractivity contribution in [2.75, 3.05) is 26.1 Å². The highest BCUT2D eigenvalue weighted by molar-refractivity contribution is 5.96. The monoisotopic (exact) mass is 476 g/mol. The van der Waals surface area contributed by atoms with E-state index in [9.17, 15) is 14.0 Å². The van der Waals surface area contributed by atoms with Crippen LogP contribution in [0, 0.1) is 18.7 Å². The van der Waals surface area contributed by atoms with Crippen molar-refractivity contribution in [2.45, 2.75) is 25.8 Å². The van der Waals surface area contributed by atoms with Crippen LogP contribution in [0.5, 0.6) is 11.5 Å². The topological polar surface area (TPSA) is 67.9 Å². The molecule has 3 aromatic rings. The molecule has 1 heterocycles. The van der Waals surface area contributed by atoms with Gasteiger partial charge in [0.15, 0.2) is 0 Å². The van der Waals surface area contributed by atoms with E-state index in [0.29, 0.717) is 30.0 Å². The van der Waals surface area contributed by atoms with Crippen molar-refractivity contribution in [2.24, 2.45) is 5.92 Å². The Balaban J connectivity index is 1.59. The number of likely N-dealkylation sites (tertiary alicyclic amines) is 1. The summed E-state index contributed by atoms with van der Waals surface area (Å²) in [6, 6.07) is 18.6. The average molecular weight is 477 g/mol. The Hall–Kier alpha value is -3.87. The van der Waals surface area contributed by atoms with E-state index in [1.54, 1.807) is 43.4 Å². The molecule has 6 nitrogen and oxygen atoms in total. The zero-order valence-electron chi connectivity index (χ0n) is 20.1. The van der Waals surface area contributed by atoms with Crippen molar-refractivity contribution < 1.29 is 23.5 Å². The summed E-state index contributed by atoms with van der Waals surface area (Å²) in [7, 11) is 3.09. The van der Waals surface area contributed by atoms with E-state index in [1.165, 1.54) is 18.2 Å². The molecule has 2 amide bonds. The lowest BCUT2D eigenvalue weighted by atomic mass is 9.87. The van der Waals surface area contributed by atoms with Crippen molar-refractivity contribution in [1.82, 2.24) is 4.90 Å². The van der Waals surface area contributed by atoms with Gasteiger partial charge in [-0.1, -0.05) is 35.9 Å². The van der Waals surface area contributed by atoms with Gasteiger partial charge in [-0.3, -0.25) is 9.59 Å². The van der Waals surface area contributed by atoms with E-state index in [1.807, 2.05) is 25.1 Å². The van der Waals surface area contributed by atoms with Crippen molar-refractivity contribution in [3.05, 3.63) is 89.2 Å². The lowest BCUT2D eigenvalue weighted by molar-refractivity contribution is -0.121. The highest BCUT2D eigenvalue weighted by atomic mass is 19.1. The molecule has 182 valence electrons. The van der Waals surface area contributed by atoms with Crippen LogP contribution in [0.4, 0.5) is 10.1 Å². The molecule has 1 N–H and O–H groups in total. The minimum absolute atomic E-state index is 0.194. The van der Waals surface area contributed by atoms with Gasteiger partial charge in [-0.15, -0.1) is 0 Å². The predicted octanol–water partition coefficient (Wildman–Crippen LogP) is 5.38. The molecule has 0 aromatic heterocycles. The Bertz CT molecular complexity index is 1210. The minimum atomic E-state index is -0.471. The molecule has 0 saturated carbocycles. The third-order valence-electron chi connectivity index (χ3n) is 6.33. The number of amides is 2. The zero-order valence-corrected chi connectivity index (χ0v) is 20.1. The molecule has 1 fully saturated rings. The maximum atomic E-state index is 13.9. The third-order valence-corrected chi connectivity index (χ3v) is 6.33. The number of rotatable bonds is 6. The van der Waals surface area contributed by atoms with Crippen LogP contribution in [0.25, 0.3) is 0 Å². The lowest BCUT2D eigenvalue weighted by Crippen LogP contribution is -2.45. The molecule has 2 atom stereocenters. The molecule has 7 heteroatoms. The number of aryl methyl sites for hydroxylation is 1. The Labute approximate surface area is 204 Å². The first-order valence-electron chi connectivity index (χ1n) is 11.5. The number of benzene rings is 3. The van der Waals surface area contributed by atoms with Gasteiger partial charge >= 0.3 is 0 Å². The van der Waals surface area contributed by atoms with Crippen LogP contribution in [-0.4, -0.2) is 37.5 Å². The molecule has 0 spiro atoms. The first-order valence-corrected chi connectivity index (χ1v) is 11.5. The molecule has 0 aliphatic carbocycles. The highest BCUT2D eigenvalue weighted by Crippen LogP contribution is 2.36. The van der Waals surface area contributed by atoms with E-state index >= 15 is 0 Å². The van der Waals surface area contributed by atoms with E-state index in [4.69, 9.17) is 9.47 Å². The molecule has 0 radical (unpaired) electrons. The minimum Gasteiger partial charge on any atom is -0.497 e. The van der Waals surface area contributed by atoms with Crippen LogP contribution < -0.4 is 14.8 Å². The molecule has 1 aliphatic heterocycles. The van der Waals surface area contributed by atoms with Crippen molar-refractivity contribution >= 4 is 17.5 Å². The van der Waals surface area contributed by atoms with Crippen LogP contribution in [0.3, 0.4) is 0 Å². The number of nitrogens with one attached hydrogen (secondary N) is 1. The quantitative estimate of drug-likeness (QED) is 0.519. The fraction of sp³-hybridized carbons (Fsp3) is 0.286. The van der Waals surface area contributed by atoms with Crippen molar-refractivity contribution in [3.63, 3.8) is 0 Å². The maximum absolute atomic E-state index is 13.9. The first kappa shape index (κ1) is 24.3. The second-order valence-corrected chi connectivity index (χ2v) is 8.76. The van der Waals surface area contributed by atoms with E-state index in [0.717, 1.165) is 11.1 Å². The van der Waals surface area contributed by atoms with Crippen LogP contribution in [0.2, 0.25) is 0 Å². The number of anilines is 1. The second-order valence-electron chi connectivity index (χ2n) is 8.76. The molecule has 3 aromatic carbocycles. The van der Waals surface area contributed by atoms with Gasteiger partial charge in [0.2, 0.25) is 5.91 Å². The third kappa shape index (κ3) is 5.62. The zero-order chi connectivity index (χ0) is 24.9. The van der Waals surface area contributed by atoms with Crippen LogP contribution >= 0.6 is 0 Å². The highest BCUT2D eigenvalue weighted by Gasteiger charge is 2.36. The summed E-state index contributed by atoms with van der Waals surface area (Å²) in [5.41, 5.74) is 2.91. The van der Waals surface area contributed by atoms with Gasteiger partial charge in [0, 0.05) is 36.0 Å². The van der Waals surface area contributed by atoms with Gasteiger partial charge in [0.25, 0.3) is 5.91 Å². The Kier molecular flexibility index (Phi) is 7.34. The van der Waals surface area contributed by atoms with E-state index in [2.05, 4.69) is 11.4 Å². The van der Waals surface area contributed by atoms with Crippen LogP contribution in [0.15, 0.2) is 66.7 Å². The number of ether oxygens (including phenoxy) is 2. The number of methoxy groups -OCH3 is 2. The Morgan fingerprint density at radius 1 is 0.943 bits per heavy atom. The summed E-state index contributed by atoms with van der Waals surface area (Å²) >= 11 is 0. The van der Waals surface area contributed by atoms with Gasteiger partial charge < -0.3 is 19.7 Å². The fourth-order valence-corrected chi connectivity index (χ4v) is 4.54. The number of piperidine rings is 1. The summed E-state index contributed by atoms with van der Waals surface area (Å²) in [4.78, 5) is 28.4. The van der Waals surface area contributed by atoms with Gasteiger partial charge in [-0.25, -0.2) is 4.39 Å². The van der Waals surface area contributed by atoms with Crippen molar-refractivity contribution in [3.8, 4) is 11.5 Å². The fourth-order valence-electron chi connectivity index (χ4n) is 4.54. The number of carbonyl (C=O) groups is 2. The predicted molar refractivity (Wildman–Crippen MR) is 132 cm³/mol. The Morgan fingerprint density at radius 3 is 2.31 bits per heavy atom. The van der Waals surface area contributed by atoms with Crippen molar-refractivity contribution in [1.29, 1.82) is 0 Å². The van der Waals surface area contributed by atoms with E-state index in [-0.39, 0.29) is 30.0 Å². The standard InChI is InChI=1S/C28H29FN2O4/c1-18-6-4-7-19(12-18)26-11-10-21(17-31(26)28(33)20-8-5-9-22(29)13-20)27(32)30-23-14-24(34-2)16-25(15-23)35-3/h4-9,12-16,21,26H,10-11,17H2,1-3H3,(H,30,32). The van der Waals surface area contributed by atoms with Crippen LogP contribution in [-0.2, 0) is 4.79 Å². The molecular formula is C28H29FN2O4. The molecule has 0 bridgehead atoms. The summed E-state index contributed by atoms with van der Waals surface area (Å²) in [5, 5.41) is 2.94. The first-order chi connectivity index (χ1) is 16.9. The van der Waals surface area contributed by atoms with Gasteiger partial charge in [-0.05, 0) is 43.5 Å². The van der Waals surface area contributed by atoms with Gasteiger partial charge in [0.1, 0.15) is 17.3 Å². The number of halogens is 1. The van der Waals surface area contributed by atoms with Crippen LogP contribution in [0.1, 0.15) is 40.4 Å². The summed E-state index contributed by atoms with van der Waals surface area (Å²) < 4.78 is 24.5. The molecule has 35 heavy (non-hydrogen) atoms. The molecular weight excluding hydrogens is 447 g/mol. The number of hydrogen-bond donors (Lipinski definition) is 1. The molecule has 4 rings (SSSR count). The summed E-state index contributed by atoms with van der Waals surface area (Å²) in [5.74, 6) is -0.264. The number of carbonyl (C=O) groups excluding carboxylic acids is 2. The smallest absolute Gasteiger partial charge is 0.254 e. The SMILES string of the molecule is COc1cc(NC(=O)C2CCC(c3cccc(C)c3)N(C(=O)c3cccc(F)c3)C2)cc(OC)c1. The summed E-state index contributed by atoms with van der Waals surface area (Å²) in [6.45, 7) is 2.23. The maximum Gasteiger partial charge on any atom is 0.254 e. The normalized spacial score (nSPS) is 17.5. The number of nitrogens with zero attached hydrogens (tertiary/aromatic N) is 1. The molecule has 1 saturated heterocycles. The van der Waals surface area contributed by atoms with Gasteiger partial charge in [-0.2, -0.15) is 0 Å².